The number of hydrogen-bond donors (Lipinski definition) is 0. The van der Waals surface area contributed by atoms with Crippen molar-refractivity contribution in [2.24, 2.45) is 5.92 Å². The molecule has 0 spiro atoms. The highest BCUT2D eigenvalue weighted by atomic mass is 16.5. The van der Waals surface area contributed by atoms with E-state index >= 15 is 0 Å². The number of hydrogen-bond acceptors (Lipinski definition) is 4. The Morgan fingerprint density at radius 3 is 3.00 bits per heavy atom. The van der Waals surface area contributed by atoms with Crippen molar-refractivity contribution in [1.29, 1.82) is 0 Å². The van der Waals surface area contributed by atoms with Crippen molar-refractivity contribution in [3.05, 3.63) is 5.53 Å². The summed E-state index contributed by atoms with van der Waals surface area (Å²) in [7, 11) is 0. The summed E-state index contributed by atoms with van der Waals surface area (Å²) in [6.45, 7) is 2.21. The third-order valence-electron chi connectivity index (χ3n) is 2.09. The number of ketones is 1. The maximum absolute atomic E-state index is 11.4. The second-order valence-corrected chi connectivity index (χ2v) is 3.05. The predicted molar refractivity (Wildman–Crippen MR) is 49.2 cm³/mol. The van der Waals surface area contributed by atoms with Gasteiger partial charge in [-0.3, -0.25) is 4.79 Å². The van der Waals surface area contributed by atoms with Crippen LogP contribution in [0.4, 0.5) is 0 Å². The molecule has 0 aromatic rings. The van der Waals surface area contributed by atoms with Crippen LogP contribution in [-0.4, -0.2) is 42.1 Å². The molecule has 0 saturated carbocycles. The van der Waals surface area contributed by atoms with E-state index in [0.717, 1.165) is 0 Å². The van der Waals surface area contributed by atoms with Crippen molar-refractivity contribution >= 4 is 17.5 Å². The first kappa shape index (κ1) is 11.6. The van der Waals surface area contributed by atoms with Gasteiger partial charge in [-0.15, -0.1) is 0 Å². The van der Waals surface area contributed by atoms with Crippen LogP contribution in [0.25, 0.3) is 5.53 Å². The van der Waals surface area contributed by atoms with Gasteiger partial charge in [0.1, 0.15) is 0 Å². The molecule has 0 aliphatic carbocycles. The summed E-state index contributed by atoms with van der Waals surface area (Å²) in [5.74, 6) is -1.74. The Balaban J connectivity index is 2.78. The van der Waals surface area contributed by atoms with Gasteiger partial charge in [0.05, 0.1) is 19.8 Å². The lowest BCUT2D eigenvalue weighted by Crippen LogP contribution is -2.39. The topological polar surface area (TPSA) is 89.0 Å². The molecule has 1 unspecified atom stereocenters. The zero-order valence-corrected chi connectivity index (χ0v) is 8.43. The van der Waals surface area contributed by atoms with Gasteiger partial charge in [-0.05, 0) is 6.92 Å². The fourth-order valence-corrected chi connectivity index (χ4v) is 1.33. The van der Waals surface area contributed by atoms with Crippen molar-refractivity contribution in [2.45, 2.75) is 13.3 Å². The first-order valence-corrected chi connectivity index (χ1v) is 4.70. The zero-order chi connectivity index (χ0) is 11.3. The first-order valence-electron chi connectivity index (χ1n) is 4.70. The number of ether oxygens (including phenoxy) is 2. The Morgan fingerprint density at radius 1 is 1.73 bits per heavy atom. The Hall–Kier alpha value is -1.52. The second-order valence-electron chi connectivity index (χ2n) is 3.05. The van der Waals surface area contributed by atoms with Crippen molar-refractivity contribution in [3.63, 3.8) is 0 Å². The number of carbonyl (C=O) groups is 2. The lowest BCUT2D eigenvalue weighted by molar-refractivity contribution is -0.144. The molecule has 82 valence electrons. The van der Waals surface area contributed by atoms with E-state index in [4.69, 9.17) is 10.3 Å². The van der Waals surface area contributed by atoms with Crippen LogP contribution in [0.1, 0.15) is 13.3 Å². The minimum Gasteiger partial charge on any atom is -0.457 e. The molecule has 0 N–H and O–H groups in total. The van der Waals surface area contributed by atoms with Crippen LogP contribution in [0.15, 0.2) is 0 Å². The molecule has 1 aliphatic heterocycles. The highest BCUT2D eigenvalue weighted by molar-refractivity contribution is 6.38. The van der Waals surface area contributed by atoms with E-state index in [1.807, 2.05) is 0 Å². The quantitative estimate of drug-likeness (QED) is 0.281. The molecule has 0 aromatic heterocycles. The SMILES string of the molecule is CCOC(=O)C(=[N+]=[N-])C1COCCC1=O. The molecule has 0 aromatic carbocycles. The van der Waals surface area contributed by atoms with E-state index in [2.05, 4.69) is 9.53 Å². The minimum absolute atomic E-state index is 0.0665. The maximum atomic E-state index is 11.4. The van der Waals surface area contributed by atoms with Crippen LogP contribution in [0, 0.1) is 5.92 Å². The molecule has 1 heterocycles. The third-order valence-corrected chi connectivity index (χ3v) is 2.09. The molecule has 1 rings (SSSR count). The van der Waals surface area contributed by atoms with E-state index < -0.39 is 11.9 Å². The van der Waals surface area contributed by atoms with Crippen molar-refractivity contribution < 1.29 is 23.9 Å². The third kappa shape index (κ3) is 2.71. The van der Waals surface area contributed by atoms with Gasteiger partial charge in [-0.1, -0.05) is 0 Å². The fraction of sp³-hybridized carbons (Fsp3) is 0.667. The van der Waals surface area contributed by atoms with Gasteiger partial charge >= 0.3 is 11.7 Å². The summed E-state index contributed by atoms with van der Waals surface area (Å²) in [5.41, 5.74) is 8.40. The summed E-state index contributed by atoms with van der Waals surface area (Å²) < 4.78 is 9.70. The predicted octanol–water partition coefficient (Wildman–Crippen LogP) is -0.174. The molecule has 15 heavy (non-hydrogen) atoms. The number of rotatable bonds is 3. The lowest BCUT2D eigenvalue weighted by atomic mass is 9.95. The maximum Gasteiger partial charge on any atom is 0.417 e. The highest BCUT2D eigenvalue weighted by Crippen LogP contribution is 2.11. The average Bonchev–Trinajstić information content (AvgIpc) is 2.22. The molecule has 1 atom stereocenters. The smallest absolute Gasteiger partial charge is 0.417 e. The largest absolute Gasteiger partial charge is 0.457 e. The van der Waals surface area contributed by atoms with Crippen molar-refractivity contribution in [1.82, 2.24) is 0 Å². The Kier molecular flexibility index (Phi) is 4.15. The number of esters is 1. The Labute approximate surface area is 86.8 Å². The molecule has 0 amide bonds. The van der Waals surface area contributed by atoms with E-state index in [1.165, 1.54) is 0 Å². The summed E-state index contributed by atoms with van der Waals surface area (Å²) in [6.07, 6.45) is 0.225. The lowest BCUT2D eigenvalue weighted by Gasteiger charge is -2.16. The number of Topliss-reactive ketones (excluding diaryl/α,β-unsaturated/α-hetero) is 1. The monoisotopic (exact) mass is 212 g/mol. The first-order chi connectivity index (χ1) is 7.20. The van der Waals surface area contributed by atoms with E-state index in [-0.39, 0.29) is 31.1 Å². The zero-order valence-electron chi connectivity index (χ0n) is 8.43. The van der Waals surface area contributed by atoms with Gasteiger partial charge in [-0.2, -0.15) is 4.79 Å². The van der Waals surface area contributed by atoms with Crippen LogP contribution in [0.2, 0.25) is 0 Å². The van der Waals surface area contributed by atoms with Gasteiger partial charge < -0.3 is 15.0 Å². The van der Waals surface area contributed by atoms with Gasteiger partial charge in [0.15, 0.2) is 11.7 Å². The molecular formula is C9H12N2O4. The van der Waals surface area contributed by atoms with Gasteiger partial charge in [0, 0.05) is 6.42 Å². The molecule has 1 fully saturated rings. The second kappa shape index (κ2) is 5.38. The highest BCUT2D eigenvalue weighted by Gasteiger charge is 2.39. The summed E-state index contributed by atoms with van der Waals surface area (Å²) in [4.78, 5) is 25.5. The minimum atomic E-state index is -0.803. The van der Waals surface area contributed by atoms with Crippen molar-refractivity contribution in [3.8, 4) is 0 Å². The van der Waals surface area contributed by atoms with Crippen LogP contribution in [0.5, 0.6) is 0 Å². The molecule has 1 saturated heterocycles. The van der Waals surface area contributed by atoms with E-state index in [0.29, 0.717) is 6.61 Å². The molecule has 0 bridgehead atoms. The Morgan fingerprint density at radius 2 is 2.47 bits per heavy atom. The molecular weight excluding hydrogens is 200 g/mol. The summed E-state index contributed by atoms with van der Waals surface area (Å²) in [5, 5.41) is 0. The Bertz CT molecular complexity index is 320. The molecule has 6 heteroatoms. The number of nitrogens with zero attached hydrogens (tertiary/aromatic N) is 2. The molecule has 1 aliphatic rings. The van der Waals surface area contributed by atoms with E-state index in [1.54, 1.807) is 6.92 Å². The van der Waals surface area contributed by atoms with Gasteiger partial charge in [0.2, 0.25) is 0 Å². The standard InChI is InChI=1S/C9H12N2O4/c1-2-15-9(13)8(11-10)6-5-14-4-3-7(6)12/h6H,2-5H2,1H3. The van der Waals surface area contributed by atoms with Gasteiger partial charge in [-0.25, -0.2) is 4.79 Å². The van der Waals surface area contributed by atoms with Crippen LogP contribution < -0.4 is 0 Å². The van der Waals surface area contributed by atoms with Crippen LogP contribution >= 0.6 is 0 Å². The average molecular weight is 212 g/mol. The number of carbonyl (C=O) groups excluding carboxylic acids is 2. The van der Waals surface area contributed by atoms with Crippen LogP contribution in [-0.2, 0) is 19.1 Å². The van der Waals surface area contributed by atoms with Crippen LogP contribution in [0.3, 0.4) is 0 Å². The summed E-state index contributed by atoms with van der Waals surface area (Å²) >= 11 is 0. The molecule has 6 nitrogen and oxygen atoms in total. The fourth-order valence-electron chi connectivity index (χ4n) is 1.33. The summed E-state index contributed by atoms with van der Waals surface area (Å²) in [6, 6.07) is 0. The van der Waals surface area contributed by atoms with Crippen molar-refractivity contribution in [2.75, 3.05) is 19.8 Å². The normalized spacial score (nSPS) is 20.6. The molecule has 0 radical (unpaired) electrons. The van der Waals surface area contributed by atoms with Gasteiger partial charge in [0.25, 0.3) is 0 Å². The van der Waals surface area contributed by atoms with E-state index in [9.17, 15) is 9.59 Å².